The molecular weight excluding hydrogens is 358 g/mol. The minimum Gasteiger partial charge on any atom is -0.352 e. The molecule has 0 aromatic heterocycles. The maximum atomic E-state index is 12.0. The number of nitrogens with one attached hydrogen (secondary N) is 1. The number of hydrogen-bond donors (Lipinski definition) is 1. The van der Waals surface area contributed by atoms with Gasteiger partial charge in [-0.3, -0.25) is 4.79 Å². The van der Waals surface area contributed by atoms with Gasteiger partial charge in [0.15, 0.2) is 0 Å². The second kappa shape index (κ2) is 6.71. The van der Waals surface area contributed by atoms with E-state index in [0.717, 1.165) is 21.8 Å². The first-order chi connectivity index (χ1) is 8.35. The lowest BCUT2D eigenvalue weighted by molar-refractivity contribution is 0.0936. The summed E-state index contributed by atoms with van der Waals surface area (Å²) < 4.78 is 0.967. The Bertz CT molecular complexity index is 430. The number of amides is 1. The van der Waals surface area contributed by atoms with Crippen LogP contribution >= 0.6 is 31.9 Å². The van der Waals surface area contributed by atoms with Gasteiger partial charge in [0.05, 0.1) is 0 Å². The molecule has 18 heavy (non-hydrogen) atoms. The lowest BCUT2D eigenvalue weighted by atomic mass is 9.90. The summed E-state index contributed by atoms with van der Waals surface area (Å²) in [5, 5.41) is 3.94. The maximum absolute atomic E-state index is 12.0. The van der Waals surface area contributed by atoms with Crippen molar-refractivity contribution in [1.82, 2.24) is 5.32 Å². The zero-order valence-electron chi connectivity index (χ0n) is 11.0. The molecule has 0 aliphatic heterocycles. The van der Waals surface area contributed by atoms with Crippen molar-refractivity contribution in [2.45, 2.75) is 27.2 Å². The molecule has 0 unspecified atom stereocenters. The van der Waals surface area contributed by atoms with Gasteiger partial charge in [-0.05, 0) is 36.5 Å². The SMILES string of the molecule is Cc1ccc(C(=O)NCC(C)(C)CCBr)cc1Br. The molecule has 1 aromatic rings. The highest BCUT2D eigenvalue weighted by atomic mass is 79.9. The summed E-state index contributed by atoms with van der Waals surface area (Å²) in [4.78, 5) is 12.0. The van der Waals surface area contributed by atoms with Crippen LogP contribution in [-0.2, 0) is 0 Å². The lowest BCUT2D eigenvalue weighted by Crippen LogP contribution is -2.34. The summed E-state index contributed by atoms with van der Waals surface area (Å²) in [6.07, 6.45) is 1.03. The number of alkyl halides is 1. The second-order valence-corrected chi connectivity index (χ2v) is 6.90. The third-order valence-corrected chi connectivity index (χ3v) is 4.18. The fourth-order valence-electron chi connectivity index (χ4n) is 1.50. The predicted molar refractivity (Wildman–Crippen MR) is 83.4 cm³/mol. The van der Waals surface area contributed by atoms with E-state index in [9.17, 15) is 4.79 Å². The van der Waals surface area contributed by atoms with Crippen LogP contribution in [0.2, 0.25) is 0 Å². The van der Waals surface area contributed by atoms with Crippen LogP contribution in [0.15, 0.2) is 22.7 Å². The summed E-state index contributed by atoms with van der Waals surface area (Å²) in [7, 11) is 0. The van der Waals surface area contributed by atoms with Gasteiger partial charge in [0.2, 0.25) is 0 Å². The van der Waals surface area contributed by atoms with Crippen LogP contribution in [0.5, 0.6) is 0 Å². The van der Waals surface area contributed by atoms with Crippen LogP contribution in [0.4, 0.5) is 0 Å². The summed E-state index contributed by atoms with van der Waals surface area (Å²) >= 11 is 6.88. The smallest absolute Gasteiger partial charge is 0.251 e. The van der Waals surface area contributed by atoms with E-state index in [4.69, 9.17) is 0 Å². The summed E-state index contributed by atoms with van der Waals surface area (Å²) in [5.74, 6) is -0.0154. The first-order valence-corrected chi connectivity index (χ1v) is 7.87. The molecule has 1 aromatic carbocycles. The number of benzene rings is 1. The van der Waals surface area contributed by atoms with Crippen LogP contribution < -0.4 is 5.32 Å². The third-order valence-electron chi connectivity index (χ3n) is 2.93. The van der Waals surface area contributed by atoms with Crippen LogP contribution in [0, 0.1) is 12.3 Å². The highest BCUT2D eigenvalue weighted by Crippen LogP contribution is 2.21. The standard InChI is InChI=1S/C14H19Br2NO/c1-10-4-5-11(8-12(10)16)13(18)17-9-14(2,3)6-7-15/h4-5,8H,6-7,9H2,1-3H3,(H,17,18). The van der Waals surface area contributed by atoms with Gasteiger partial charge in [-0.1, -0.05) is 51.8 Å². The Hall–Kier alpha value is -0.350. The predicted octanol–water partition coefficient (Wildman–Crippen LogP) is 4.30. The van der Waals surface area contributed by atoms with Crippen molar-refractivity contribution < 1.29 is 4.79 Å². The Morgan fingerprint density at radius 3 is 2.61 bits per heavy atom. The van der Waals surface area contributed by atoms with Gasteiger partial charge >= 0.3 is 0 Å². The summed E-state index contributed by atoms with van der Waals surface area (Å²) in [5.41, 5.74) is 1.94. The third kappa shape index (κ3) is 4.73. The van der Waals surface area contributed by atoms with Gasteiger partial charge in [-0.15, -0.1) is 0 Å². The Morgan fingerprint density at radius 1 is 1.39 bits per heavy atom. The quantitative estimate of drug-likeness (QED) is 0.762. The topological polar surface area (TPSA) is 29.1 Å². The molecule has 0 bridgehead atoms. The maximum Gasteiger partial charge on any atom is 0.251 e. The monoisotopic (exact) mass is 375 g/mol. The van der Waals surface area contributed by atoms with Gasteiger partial charge in [0.25, 0.3) is 5.91 Å². The van der Waals surface area contributed by atoms with E-state index in [1.807, 2.05) is 25.1 Å². The number of carbonyl (C=O) groups excluding carboxylic acids is 1. The van der Waals surface area contributed by atoms with Crippen molar-refractivity contribution in [3.05, 3.63) is 33.8 Å². The summed E-state index contributed by atoms with van der Waals surface area (Å²) in [6.45, 7) is 6.99. The molecule has 0 aliphatic rings. The highest BCUT2D eigenvalue weighted by molar-refractivity contribution is 9.10. The minimum absolute atomic E-state index is 0.0154. The molecule has 4 heteroatoms. The highest BCUT2D eigenvalue weighted by Gasteiger charge is 2.18. The van der Waals surface area contributed by atoms with Crippen molar-refractivity contribution in [2.24, 2.45) is 5.41 Å². The van der Waals surface area contributed by atoms with Crippen molar-refractivity contribution in [3.63, 3.8) is 0 Å². The normalized spacial score (nSPS) is 11.4. The molecule has 0 spiro atoms. The lowest BCUT2D eigenvalue weighted by Gasteiger charge is -2.23. The van der Waals surface area contributed by atoms with Gasteiger partial charge in [-0.25, -0.2) is 0 Å². The van der Waals surface area contributed by atoms with E-state index in [-0.39, 0.29) is 11.3 Å². The van der Waals surface area contributed by atoms with E-state index in [1.54, 1.807) is 0 Å². The number of aryl methyl sites for hydroxylation is 1. The fourth-order valence-corrected chi connectivity index (χ4v) is 2.95. The number of rotatable bonds is 5. The van der Waals surface area contributed by atoms with E-state index in [0.29, 0.717) is 12.1 Å². The molecule has 1 N–H and O–H groups in total. The molecule has 2 nitrogen and oxygen atoms in total. The van der Waals surface area contributed by atoms with E-state index >= 15 is 0 Å². The zero-order chi connectivity index (χ0) is 13.8. The minimum atomic E-state index is -0.0154. The number of carbonyl (C=O) groups is 1. The zero-order valence-corrected chi connectivity index (χ0v) is 14.2. The van der Waals surface area contributed by atoms with Gasteiger partial charge in [0, 0.05) is 21.9 Å². The molecule has 100 valence electrons. The van der Waals surface area contributed by atoms with Crippen molar-refractivity contribution in [3.8, 4) is 0 Å². The average Bonchev–Trinajstić information content (AvgIpc) is 2.30. The molecule has 1 rings (SSSR count). The largest absolute Gasteiger partial charge is 0.352 e. The van der Waals surface area contributed by atoms with Crippen molar-refractivity contribution in [2.75, 3.05) is 11.9 Å². The molecule has 0 heterocycles. The first kappa shape index (κ1) is 15.7. The van der Waals surface area contributed by atoms with E-state index < -0.39 is 0 Å². The van der Waals surface area contributed by atoms with Gasteiger partial charge in [0.1, 0.15) is 0 Å². The molecule has 0 aliphatic carbocycles. The Kier molecular flexibility index (Phi) is 5.86. The first-order valence-electron chi connectivity index (χ1n) is 5.96. The number of halogens is 2. The summed E-state index contributed by atoms with van der Waals surface area (Å²) in [6, 6.07) is 5.66. The molecule has 0 saturated heterocycles. The molecule has 1 amide bonds. The molecule has 0 saturated carbocycles. The van der Waals surface area contributed by atoms with Crippen LogP contribution in [0.1, 0.15) is 36.2 Å². The molecule has 0 atom stereocenters. The molecular formula is C14H19Br2NO. The van der Waals surface area contributed by atoms with Crippen molar-refractivity contribution in [1.29, 1.82) is 0 Å². The van der Waals surface area contributed by atoms with Crippen LogP contribution in [-0.4, -0.2) is 17.8 Å². The fraction of sp³-hybridized carbons (Fsp3) is 0.500. The van der Waals surface area contributed by atoms with E-state index in [1.165, 1.54) is 0 Å². The van der Waals surface area contributed by atoms with Crippen LogP contribution in [0.25, 0.3) is 0 Å². The van der Waals surface area contributed by atoms with E-state index in [2.05, 4.69) is 51.0 Å². The Balaban J connectivity index is 2.63. The Labute approximate surface area is 126 Å². The van der Waals surface area contributed by atoms with Crippen molar-refractivity contribution >= 4 is 37.8 Å². The molecule has 0 fully saturated rings. The van der Waals surface area contributed by atoms with Crippen LogP contribution in [0.3, 0.4) is 0 Å². The molecule has 0 radical (unpaired) electrons. The second-order valence-electron chi connectivity index (χ2n) is 5.25. The average molecular weight is 377 g/mol. The number of hydrogen-bond acceptors (Lipinski definition) is 1. The Morgan fingerprint density at radius 2 is 2.06 bits per heavy atom. The van der Waals surface area contributed by atoms with Gasteiger partial charge in [-0.2, -0.15) is 0 Å². The van der Waals surface area contributed by atoms with Gasteiger partial charge < -0.3 is 5.32 Å².